The number of ether oxygens (including phenoxy) is 2. The van der Waals surface area contributed by atoms with Gasteiger partial charge in [0.15, 0.2) is 5.82 Å². The van der Waals surface area contributed by atoms with Crippen molar-refractivity contribution in [3.05, 3.63) is 11.7 Å². The third-order valence-corrected chi connectivity index (χ3v) is 2.85. The van der Waals surface area contributed by atoms with Crippen LogP contribution in [-0.4, -0.2) is 30.5 Å². The van der Waals surface area contributed by atoms with E-state index in [1.807, 2.05) is 20.8 Å². The highest BCUT2D eigenvalue weighted by Gasteiger charge is 2.31. The van der Waals surface area contributed by atoms with Crippen LogP contribution in [0.1, 0.15) is 44.9 Å². The minimum atomic E-state index is -0.559. The van der Waals surface area contributed by atoms with E-state index >= 15 is 0 Å². The Morgan fingerprint density at radius 1 is 1.47 bits per heavy atom. The van der Waals surface area contributed by atoms with Crippen molar-refractivity contribution in [2.24, 2.45) is 5.73 Å². The van der Waals surface area contributed by atoms with Gasteiger partial charge in [-0.1, -0.05) is 12.1 Å². The van der Waals surface area contributed by atoms with Crippen molar-refractivity contribution in [1.82, 2.24) is 10.1 Å². The van der Waals surface area contributed by atoms with Crippen LogP contribution in [0.4, 0.5) is 0 Å². The number of methoxy groups -OCH3 is 1. The van der Waals surface area contributed by atoms with Crippen LogP contribution in [0.3, 0.4) is 0 Å². The van der Waals surface area contributed by atoms with Gasteiger partial charge in [0, 0.05) is 13.7 Å². The van der Waals surface area contributed by atoms with Crippen LogP contribution in [0, 0.1) is 0 Å². The van der Waals surface area contributed by atoms with Gasteiger partial charge in [-0.3, -0.25) is 0 Å². The fraction of sp³-hybridized carbons (Fsp3) is 0.818. The van der Waals surface area contributed by atoms with E-state index in [4.69, 9.17) is 19.7 Å². The van der Waals surface area contributed by atoms with Crippen LogP contribution in [0.5, 0.6) is 0 Å². The molecule has 0 aliphatic carbocycles. The Bertz CT molecular complexity index is 336. The van der Waals surface area contributed by atoms with E-state index in [9.17, 15) is 0 Å². The first-order valence-corrected chi connectivity index (χ1v) is 5.80. The molecule has 6 heteroatoms. The summed E-state index contributed by atoms with van der Waals surface area (Å²) in [5, 5.41) is 3.86. The van der Waals surface area contributed by atoms with Crippen molar-refractivity contribution in [3.8, 4) is 0 Å². The van der Waals surface area contributed by atoms with Crippen LogP contribution in [0.25, 0.3) is 0 Å². The fourth-order valence-electron chi connectivity index (χ4n) is 1.30. The maximum Gasteiger partial charge on any atom is 0.258 e. The zero-order valence-corrected chi connectivity index (χ0v) is 10.9. The van der Waals surface area contributed by atoms with Gasteiger partial charge in [-0.15, -0.1) is 0 Å². The second-order valence-corrected chi connectivity index (χ2v) is 4.01. The first-order chi connectivity index (χ1) is 8.07. The monoisotopic (exact) mass is 243 g/mol. The summed E-state index contributed by atoms with van der Waals surface area (Å²) in [5.74, 6) is 0.898. The molecule has 17 heavy (non-hydrogen) atoms. The zero-order valence-electron chi connectivity index (χ0n) is 10.9. The molecular weight excluding hydrogens is 222 g/mol. The Hall–Kier alpha value is -0.980. The summed E-state index contributed by atoms with van der Waals surface area (Å²) in [5.41, 5.74) is 5.31. The Balaban J connectivity index is 2.77. The van der Waals surface area contributed by atoms with E-state index < -0.39 is 5.60 Å². The number of nitrogens with zero attached hydrogens (tertiary/aromatic N) is 2. The second-order valence-electron chi connectivity index (χ2n) is 4.01. The smallest absolute Gasteiger partial charge is 0.258 e. The third-order valence-electron chi connectivity index (χ3n) is 2.85. The highest BCUT2D eigenvalue weighted by molar-refractivity contribution is 5.00. The lowest BCUT2D eigenvalue weighted by atomic mass is 10.0. The van der Waals surface area contributed by atoms with Crippen molar-refractivity contribution in [3.63, 3.8) is 0 Å². The molecule has 0 bridgehead atoms. The molecule has 0 saturated heterocycles. The number of rotatable bonds is 7. The molecule has 0 aromatic carbocycles. The zero-order chi connectivity index (χ0) is 12.9. The molecular formula is C11H21N3O3. The van der Waals surface area contributed by atoms with E-state index in [1.165, 1.54) is 0 Å². The number of nitrogens with two attached hydrogens (primary N) is 1. The van der Waals surface area contributed by atoms with Crippen LogP contribution in [0.15, 0.2) is 4.52 Å². The van der Waals surface area contributed by atoms with Crippen molar-refractivity contribution < 1.29 is 14.0 Å². The first kappa shape index (κ1) is 14.1. The minimum absolute atomic E-state index is 0.370. The number of hydrogen-bond donors (Lipinski definition) is 1. The van der Waals surface area contributed by atoms with Crippen molar-refractivity contribution in [2.45, 2.75) is 38.8 Å². The second kappa shape index (κ2) is 6.09. The lowest BCUT2D eigenvalue weighted by Gasteiger charge is -2.21. The summed E-state index contributed by atoms with van der Waals surface area (Å²) in [7, 11) is 1.62. The van der Waals surface area contributed by atoms with Crippen LogP contribution in [0.2, 0.25) is 0 Å². The van der Waals surface area contributed by atoms with Crippen LogP contribution in [-0.2, 0) is 15.1 Å². The van der Waals surface area contributed by atoms with E-state index in [0.29, 0.717) is 24.9 Å². The van der Waals surface area contributed by atoms with E-state index in [1.54, 1.807) is 7.11 Å². The lowest BCUT2D eigenvalue weighted by molar-refractivity contribution is -0.0272. The molecule has 2 atom stereocenters. The Morgan fingerprint density at radius 3 is 2.71 bits per heavy atom. The van der Waals surface area contributed by atoms with Crippen LogP contribution >= 0.6 is 0 Å². The molecule has 98 valence electrons. The predicted octanol–water partition coefficient (Wildman–Crippen LogP) is 1.38. The van der Waals surface area contributed by atoms with Gasteiger partial charge in [0.1, 0.15) is 5.60 Å². The number of aromatic nitrogens is 2. The van der Waals surface area contributed by atoms with E-state index in [2.05, 4.69) is 10.1 Å². The quantitative estimate of drug-likeness (QED) is 0.778. The normalized spacial score (nSPS) is 16.8. The molecule has 0 amide bonds. The summed E-state index contributed by atoms with van der Waals surface area (Å²) in [6.45, 7) is 6.80. The van der Waals surface area contributed by atoms with Gasteiger partial charge in [0.05, 0.1) is 12.6 Å². The molecule has 1 aromatic heterocycles. The molecule has 0 radical (unpaired) electrons. The van der Waals surface area contributed by atoms with Crippen molar-refractivity contribution >= 4 is 0 Å². The summed E-state index contributed by atoms with van der Waals surface area (Å²) < 4.78 is 15.8. The molecule has 0 aliphatic rings. The number of hydrogen-bond acceptors (Lipinski definition) is 6. The lowest BCUT2D eigenvalue weighted by Crippen LogP contribution is -2.24. The molecule has 1 heterocycles. The fourth-order valence-corrected chi connectivity index (χ4v) is 1.30. The molecule has 6 nitrogen and oxygen atoms in total. The van der Waals surface area contributed by atoms with Crippen molar-refractivity contribution in [2.75, 3.05) is 20.3 Å². The topological polar surface area (TPSA) is 83.4 Å². The van der Waals surface area contributed by atoms with Gasteiger partial charge in [-0.05, 0) is 20.3 Å². The van der Waals surface area contributed by atoms with Gasteiger partial charge in [0.2, 0.25) is 0 Å². The maximum absolute atomic E-state index is 5.87. The molecule has 0 aliphatic heterocycles. The van der Waals surface area contributed by atoms with Gasteiger partial charge >= 0.3 is 0 Å². The Labute approximate surface area is 101 Å². The molecule has 2 N–H and O–H groups in total. The highest BCUT2D eigenvalue weighted by Crippen LogP contribution is 2.27. The largest absolute Gasteiger partial charge is 0.380 e. The SMILES string of the molecule is CCOCC(N)c1noc(C(C)(CC)OC)n1. The van der Waals surface area contributed by atoms with Gasteiger partial charge in [-0.2, -0.15) is 4.98 Å². The summed E-state index contributed by atoms with van der Waals surface area (Å²) in [4.78, 5) is 4.27. The molecule has 0 fully saturated rings. The average molecular weight is 243 g/mol. The third kappa shape index (κ3) is 3.24. The van der Waals surface area contributed by atoms with E-state index in [-0.39, 0.29) is 6.04 Å². The van der Waals surface area contributed by atoms with Gasteiger partial charge in [0.25, 0.3) is 5.89 Å². The van der Waals surface area contributed by atoms with Gasteiger partial charge < -0.3 is 19.7 Å². The Morgan fingerprint density at radius 2 is 2.18 bits per heavy atom. The van der Waals surface area contributed by atoms with Crippen LogP contribution < -0.4 is 5.73 Å². The summed E-state index contributed by atoms with van der Waals surface area (Å²) in [6.07, 6.45) is 0.742. The first-order valence-electron chi connectivity index (χ1n) is 5.80. The maximum atomic E-state index is 5.87. The van der Waals surface area contributed by atoms with Gasteiger partial charge in [-0.25, -0.2) is 0 Å². The molecule has 2 unspecified atom stereocenters. The van der Waals surface area contributed by atoms with E-state index in [0.717, 1.165) is 6.42 Å². The molecule has 0 saturated carbocycles. The minimum Gasteiger partial charge on any atom is -0.380 e. The summed E-state index contributed by atoms with van der Waals surface area (Å²) in [6, 6.07) is -0.370. The molecule has 0 spiro atoms. The van der Waals surface area contributed by atoms with Crippen molar-refractivity contribution in [1.29, 1.82) is 0 Å². The molecule has 1 aromatic rings. The Kier molecular flexibility index (Phi) is 5.04. The molecule has 1 rings (SSSR count). The predicted molar refractivity (Wildman–Crippen MR) is 62.4 cm³/mol. The average Bonchev–Trinajstić information content (AvgIpc) is 2.85. The summed E-state index contributed by atoms with van der Waals surface area (Å²) >= 11 is 0. The highest BCUT2D eigenvalue weighted by atomic mass is 16.5. The standard InChI is InChI=1S/C11H21N3O3/c1-5-11(3,15-4)10-13-9(14-17-10)8(12)7-16-6-2/h8H,5-7,12H2,1-4H3.